The summed E-state index contributed by atoms with van der Waals surface area (Å²) in [4.78, 5) is 27.0. The number of pyridine rings is 1. The van der Waals surface area contributed by atoms with Crippen molar-refractivity contribution in [1.29, 1.82) is 0 Å². The third-order valence-corrected chi connectivity index (χ3v) is 8.14. The molecule has 37 heavy (non-hydrogen) atoms. The molecule has 4 aromatic rings. The Morgan fingerprint density at radius 1 is 1.03 bits per heavy atom. The molecule has 1 aliphatic carbocycles. The Bertz CT molecular complexity index is 1640. The summed E-state index contributed by atoms with van der Waals surface area (Å²) < 4.78 is 40.3. The maximum absolute atomic E-state index is 14.0. The third kappa shape index (κ3) is 4.27. The highest BCUT2D eigenvalue weighted by Gasteiger charge is 2.64. The number of aryl methyl sites for hydroxylation is 2. The van der Waals surface area contributed by atoms with Crippen LogP contribution in [0.5, 0.6) is 11.6 Å². The fraction of sp³-hybridized carbons (Fsp3) is 0.259. The average molecular weight is 519 g/mol. The Balaban J connectivity index is 1.60. The van der Waals surface area contributed by atoms with Crippen molar-refractivity contribution in [2.45, 2.75) is 36.5 Å². The minimum Gasteiger partial charge on any atom is -0.496 e. The number of ether oxygens (including phenoxy) is 2. The van der Waals surface area contributed by atoms with Crippen molar-refractivity contribution < 1.29 is 22.7 Å². The monoisotopic (exact) mass is 518 g/mol. The molecule has 9 nitrogen and oxygen atoms in total. The average Bonchev–Trinajstić information content (AvgIpc) is 3.65. The molecule has 1 saturated carbocycles. The number of nitrogens with zero attached hydrogens (tertiary/aromatic N) is 3. The van der Waals surface area contributed by atoms with Crippen molar-refractivity contribution in [1.82, 2.24) is 19.7 Å². The van der Waals surface area contributed by atoms with Crippen LogP contribution in [-0.4, -0.2) is 43.5 Å². The molecule has 2 aromatic carbocycles. The summed E-state index contributed by atoms with van der Waals surface area (Å²) in [5, 5.41) is 0.432. The van der Waals surface area contributed by atoms with Gasteiger partial charge < -0.3 is 9.47 Å². The van der Waals surface area contributed by atoms with Crippen LogP contribution < -0.4 is 14.2 Å². The first-order valence-corrected chi connectivity index (χ1v) is 13.1. The van der Waals surface area contributed by atoms with Gasteiger partial charge in [-0.1, -0.05) is 23.8 Å². The number of hydrogen-bond acceptors (Lipinski definition) is 8. The van der Waals surface area contributed by atoms with Crippen molar-refractivity contribution in [2.24, 2.45) is 0 Å². The predicted molar refractivity (Wildman–Crippen MR) is 137 cm³/mol. The molecule has 2 aromatic heterocycles. The largest absolute Gasteiger partial charge is 0.496 e. The molecule has 0 saturated heterocycles. The number of carbonyl (C=O) groups is 1. The van der Waals surface area contributed by atoms with E-state index in [-0.39, 0.29) is 4.90 Å². The van der Waals surface area contributed by atoms with Crippen molar-refractivity contribution >= 4 is 26.8 Å². The summed E-state index contributed by atoms with van der Waals surface area (Å²) in [5.74, 6) is -0.302. The van der Waals surface area contributed by atoms with Crippen LogP contribution >= 0.6 is 0 Å². The third-order valence-electron chi connectivity index (χ3n) is 6.75. The number of carbonyl (C=O) groups excluding carboxylic acids is 1. The molecule has 0 unspecified atom stereocenters. The normalized spacial score (nSPS) is 18.9. The van der Waals surface area contributed by atoms with Gasteiger partial charge in [0.1, 0.15) is 5.75 Å². The minimum absolute atomic E-state index is 0.0180. The van der Waals surface area contributed by atoms with Gasteiger partial charge in [-0.25, -0.2) is 18.1 Å². The lowest BCUT2D eigenvalue weighted by atomic mass is 9.89. The molecule has 1 amide bonds. The van der Waals surface area contributed by atoms with Crippen molar-refractivity contribution in [3.05, 3.63) is 83.4 Å². The molecular formula is C27H26N4O5S. The molecule has 190 valence electrons. The number of fused-ring (bicyclic) bond motifs is 1. The zero-order chi connectivity index (χ0) is 26.4. The number of hydrogen-bond donors (Lipinski definition) is 1. The molecule has 0 radical (unpaired) electrons. The van der Waals surface area contributed by atoms with Crippen LogP contribution in [0.4, 0.5) is 0 Å². The second-order valence-corrected chi connectivity index (χ2v) is 10.8. The van der Waals surface area contributed by atoms with E-state index in [1.807, 2.05) is 26.0 Å². The highest BCUT2D eigenvalue weighted by Crippen LogP contribution is 2.62. The van der Waals surface area contributed by atoms with Crippen LogP contribution in [0, 0.1) is 13.8 Å². The maximum Gasteiger partial charge on any atom is 0.264 e. The zero-order valence-electron chi connectivity index (χ0n) is 20.8. The number of aromatic nitrogens is 3. The molecule has 0 spiro atoms. The number of methoxy groups -OCH3 is 2. The van der Waals surface area contributed by atoms with E-state index in [9.17, 15) is 13.2 Å². The van der Waals surface area contributed by atoms with Gasteiger partial charge in [0.25, 0.3) is 10.0 Å². The first-order valence-electron chi connectivity index (χ1n) is 11.6. The summed E-state index contributed by atoms with van der Waals surface area (Å²) in [6.07, 6.45) is 3.37. The van der Waals surface area contributed by atoms with E-state index < -0.39 is 27.3 Å². The summed E-state index contributed by atoms with van der Waals surface area (Å²) in [6.45, 7) is 3.73. The number of amides is 1. The van der Waals surface area contributed by atoms with Gasteiger partial charge >= 0.3 is 0 Å². The van der Waals surface area contributed by atoms with E-state index in [0.29, 0.717) is 40.2 Å². The molecule has 2 atom stereocenters. The van der Waals surface area contributed by atoms with Gasteiger partial charge in [0, 0.05) is 28.8 Å². The molecule has 2 heterocycles. The molecule has 1 fully saturated rings. The van der Waals surface area contributed by atoms with Gasteiger partial charge in [-0.2, -0.15) is 0 Å². The molecule has 0 bridgehead atoms. The summed E-state index contributed by atoms with van der Waals surface area (Å²) in [5.41, 5.74) is 2.08. The number of benzene rings is 2. The van der Waals surface area contributed by atoms with Crippen LogP contribution in [0.25, 0.3) is 10.9 Å². The Hall–Kier alpha value is -4.05. The van der Waals surface area contributed by atoms with Gasteiger partial charge in [-0.3, -0.25) is 14.8 Å². The van der Waals surface area contributed by atoms with E-state index in [4.69, 9.17) is 9.47 Å². The van der Waals surface area contributed by atoms with Crippen LogP contribution in [0.2, 0.25) is 0 Å². The summed E-state index contributed by atoms with van der Waals surface area (Å²) in [7, 11) is -1.24. The van der Waals surface area contributed by atoms with E-state index in [1.165, 1.54) is 26.5 Å². The van der Waals surface area contributed by atoms with Crippen molar-refractivity contribution in [2.75, 3.05) is 14.2 Å². The van der Waals surface area contributed by atoms with E-state index in [0.717, 1.165) is 11.3 Å². The Labute approximate surface area is 214 Å². The van der Waals surface area contributed by atoms with E-state index >= 15 is 0 Å². The van der Waals surface area contributed by atoms with Crippen molar-refractivity contribution in [3.63, 3.8) is 0 Å². The lowest BCUT2D eigenvalue weighted by molar-refractivity contribution is -0.122. The fourth-order valence-corrected chi connectivity index (χ4v) is 6.08. The Kier molecular flexibility index (Phi) is 6.07. The number of rotatable bonds is 7. The summed E-state index contributed by atoms with van der Waals surface area (Å²) in [6, 6.07) is 13.7. The minimum atomic E-state index is -4.24. The van der Waals surface area contributed by atoms with Gasteiger partial charge in [0.05, 0.1) is 41.9 Å². The Morgan fingerprint density at radius 3 is 2.59 bits per heavy atom. The smallest absolute Gasteiger partial charge is 0.264 e. The summed E-state index contributed by atoms with van der Waals surface area (Å²) >= 11 is 0. The highest BCUT2D eigenvalue weighted by molar-refractivity contribution is 7.90. The van der Waals surface area contributed by atoms with Gasteiger partial charge in [0.15, 0.2) is 0 Å². The molecular weight excluding hydrogens is 492 g/mol. The number of sulfonamides is 1. The zero-order valence-corrected chi connectivity index (χ0v) is 21.7. The second kappa shape index (κ2) is 9.11. The first kappa shape index (κ1) is 24.6. The van der Waals surface area contributed by atoms with Crippen LogP contribution in [0.15, 0.2) is 65.8 Å². The number of nitrogens with one attached hydrogen (secondary N) is 1. The van der Waals surface area contributed by atoms with Crippen LogP contribution in [0.3, 0.4) is 0 Å². The first-order chi connectivity index (χ1) is 17.7. The lowest BCUT2D eigenvalue weighted by Gasteiger charge is -2.21. The standard InChI is InChI=1S/C27H26N4O5S/c1-16-8-11-23(35-3)19(12-16)27(13-20(27)22-14-28-15-25(30-22)36-4)26(32)31-37(33,34)24-7-5-6-21-18(24)10-9-17(2)29-21/h5-12,14-15,20H,13H2,1-4H3,(H,31,32)/t20-,27-/m0/s1. The van der Waals surface area contributed by atoms with Gasteiger partial charge in [0.2, 0.25) is 11.8 Å². The molecule has 1 N–H and O–H groups in total. The van der Waals surface area contributed by atoms with Crippen molar-refractivity contribution in [3.8, 4) is 11.6 Å². The Morgan fingerprint density at radius 2 is 1.84 bits per heavy atom. The predicted octanol–water partition coefficient (Wildman–Crippen LogP) is 3.59. The maximum atomic E-state index is 14.0. The van der Waals surface area contributed by atoms with E-state index in [1.54, 1.807) is 36.5 Å². The topological polar surface area (TPSA) is 120 Å². The molecule has 0 aliphatic heterocycles. The molecule has 10 heteroatoms. The SMILES string of the molecule is COc1cncc([C@@H]2C[C@]2(C(=O)NS(=O)(=O)c2cccc3nc(C)ccc23)c2cc(C)ccc2OC)n1. The molecule has 5 rings (SSSR count). The van der Waals surface area contributed by atoms with E-state index in [2.05, 4.69) is 19.7 Å². The van der Waals surface area contributed by atoms with Crippen LogP contribution in [0.1, 0.15) is 34.9 Å². The second-order valence-electron chi connectivity index (χ2n) is 9.13. The highest BCUT2D eigenvalue weighted by atomic mass is 32.2. The van der Waals surface area contributed by atoms with Gasteiger partial charge in [-0.05, 0) is 50.6 Å². The fourth-order valence-electron chi connectivity index (χ4n) is 4.82. The van der Waals surface area contributed by atoms with Crippen LogP contribution in [-0.2, 0) is 20.2 Å². The molecule has 1 aliphatic rings. The lowest BCUT2D eigenvalue weighted by Crippen LogP contribution is -2.40. The quantitative estimate of drug-likeness (QED) is 0.394. The van der Waals surface area contributed by atoms with Gasteiger partial charge in [-0.15, -0.1) is 0 Å².